The Bertz CT molecular complexity index is 681. The van der Waals surface area contributed by atoms with Gasteiger partial charge >= 0.3 is 16.2 Å². The minimum atomic E-state index is -3.87. The number of hydrogen-bond donors (Lipinski definition) is 2. The van der Waals surface area contributed by atoms with Crippen molar-refractivity contribution >= 4 is 21.9 Å². The van der Waals surface area contributed by atoms with Crippen molar-refractivity contribution in [1.82, 2.24) is 4.31 Å². The molecule has 1 aliphatic rings. The first kappa shape index (κ1) is 15.3. The number of hydrogen-bond acceptors (Lipinski definition) is 4. The molecule has 7 nitrogen and oxygen atoms in total. The SMILES string of the molecule is N#Cc1ccccc1NS(=O)(=O)N1CCCC(C(=O)O)C1. The number of anilines is 1. The number of benzene rings is 1. The van der Waals surface area contributed by atoms with Crippen molar-refractivity contribution in [3.8, 4) is 6.07 Å². The van der Waals surface area contributed by atoms with Crippen molar-refractivity contribution in [3.05, 3.63) is 29.8 Å². The topological polar surface area (TPSA) is 111 Å². The Morgan fingerprint density at radius 1 is 1.43 bits per heavy atom. The van der Waals surface area contributed by atoms with Crippen molar-refractivity contribution in [2.75, 3.05) is 17.8 Å². The summed E-state index contributed by atoms with van der Waals surface area (Å²) in [5.41, 5.74) is 0.408. The third-order valence-corrected chi connectivity index (χ3v) is 4.85. The molecule has 1 atom stereocenters. The first-order chi connectivity index (χ1) is 9.94. The number of para-hydroxylation sites is 1. The van der Waals surface area contributed by atoms with E-state index in [4.69, 9.17) is 10.4 Å². The lowest BCUT2D eigenvalue weighted by Gasteiger charge is -2.30. The molecule has 2 N–H and O–H groups in total. The predicted molar refractivity (Wildman–Crippen MR) is 75.6 cm³/mol. The molecule has 0 spiro atoms. The maximum Gasteiger partial charge on any atom is 0.307 e. The van der Waals surface area contributed by atoms with Gasteiger partial charge in [0.05, 0.1) is 17.2 Å². The second-order valence-electron chi connectivity index (χ2n) is 4.80. The Balaban J connectivity index is 2.19. The van der Waals surface area contributed by atoms with E-state index >= 15 is 0 Å². The zero-order valence-corrected chi connectivity index (χ0v) is 12.0. The molecular weight excluding hydrogens is 294 g/mol. The normalized spacial score (nSPS) is 19.7. The fraction of sp³-hybridized carbons (Fsp3) is 0.385. The van der Waals surface area contributed by atoms with Gasteiger partial charge in [-0.2, -0.15) is 18.0 Å². The summed E-state index contributed by atoms with van der Waals surface area (Å²) < 4.78 is 28.1. The zero-order chi connectivity index (χ0) is 15.5. The highest BCUT2D eigenvalue weighted by Crippen LogP contribution is 2.22. The first-order valence-corrected chi connectivity index (χ1v) is 7.88. The molecular formula is C13H15N3O4S. The molecule has 1 aromatic carbocycles. The van der Waals surface area contributed by atoms with E-state index in [1.807, 2.05) is 6.07 Å². The Kier molecular flexibility index (Phi) is 4.45. The van der Waals surface area contributed by atoms with E-state index in [1.54, 1.807) is 12.1 Å². The van der Waals surface area contributed by atoms with Crippen LogP contribution in [0.15, 0.2) is 24.3 Å². The van der Waals surface area contributed by atoms with Crippen molar-refractivity contribution < 1.29 is 18.3 Å². The second kappa shape index (κ2) is 6.11. The molecule has 112 valence electrons. The summed E-state index contributed by atoms with van der Waals surface area (Å²) in [6.07, 6.45) is 0.966. The van der Waals surface area contributed by atoms with E-state index in [0.717, 1.165) is 4.31 Å². The van der Waals surface area contributed by atoms with Gasteiger partial charge in [0.25, 0.3) is 0 Å². The fourth-order valence-corrected chi connectivity index (χ4v) is 3.57. The Hall–Kier alpha value is -2.11. The molecule has 0 aromatic heterocycles. The number of piperidine rings is 1. The summed E-state index contributed by atoms with van der Waals surface area (Å²) in [6.45, 7) is 0.215. The zero-order valence-electron chi connectivity index (χ0n) is 11.2. The minimum Gasteiger partial charge on any atom is -0.481 e. The number of carboxylic acids is 1. The maximum absolute atomic E-state index is 12.3. The van der Waals surface area contributed by atoms with Crippen LogP contribution in [0, 0.1) is 17.2 Å². The van der Waals surface area contributed by atoms with Crippen LogP contribution in [-0.2, 0) is 15.0 Å². The summed E-state index contributed by atoms with van der Waals surface area (Å²) in [4.78, 5) is 11.0. The molecule has 0 aliphatic carbocycles. The average Bonchev–Trinajstić information content (AvgIpc) is 2.47. The standard InChI is InChI=1S/C13H15N3O4S/c14-8-10-4-1-2-6-12(10)15-21(19,20)16-7-3-5-11(9-16)13(17)18/h1-2,4,6,11,15H,3,5,7,9H2,(H,17,18). The van der Waals surface area contributed by atoms with Gasteiger partial charge in [0.15, 0.2) is 0 Å². The second-order valence-corrected chi connectivity index (χ2v) is 6.47. The van der Waals surface area contributed by atoms with Gasteiger partial charge in [0.1, 0.15) is 6.07 Å². The van der Waals surface area contributed by atoms with Gasteiger partial charge in [-0.05, 0) is 25.0 Å². The number of aliphatic carboxylic acids is 1. The lowest BCUT2D eigenvalue weighted by molar-refractivity contribution is -0.142. The molecule has 8 heteroatoms. The van der Waals surface area contributed by atoms with Crippen LogP contribution < -0.4 is 4.72 Å². The first-order valence-electron chi connectivity index (χ1n) is 6.44. The van der Waals surface area contributed by atoms with E-state index in [0.29, 0.717) is 12.8 Å². The van der Waals surface area contributed by atoms with Gasteiger partial charge in [0.2, 0.25) is 0 Å². The maximum atomic E-state index is 12.3. The lowest BCUT2D eigenvalue weighted by Crippen LogP contribution is -2.44. The minimum absolute atomic E-state index is 0.0562. The quantitative estimate of drug-likeness (QED) is 0.862. The summed E-state index contributed by atoms with van der Waals surface area (Å²) in [6, 6.07) is 8.17. The van der Waals surface area contributed by atoms with E-state index in [9.17, 15) is 13.2 Å². The van der Waals surface area contributed by atoms with Crippen molar-refractivity contribution in [2.24, 2.45) is 5.92 Å². The molecule has 1 saturated heterocycles. The van der Waals surface area contributed by atoms with E-state index in [1.165, 1.54) is 12.1 Å². The molecule has 0 bridgehead atoms. The molecule has 1 fully saturated rings. The summed E-state index contributed by atoms with van der Waals surface area (Å²) in [7, 11) is -3.87. The highest BCUT2D eigenvalue weighted by molar-refractivity contribution is 7.90. The van der Waals surface area contributed by atoms with Gasteiger partial charge in [0, 0.05) is 13.1 Å². The van der Waals surface area contributed by atoms with Crippen molar-refractivity contribution in [1.29, 1.82) is 5.26 Å². The molecule has 1 heterocycles. The van der Waals surface area contributed by atoms with Gasteiger partial charge in [-0.15, -0.1) is 0 Å². The van der Waals surface area contributed by atoms with Crippen LogP contribution in [0.1, 0.15) is 18.4 Å². The van der Waals surface area contributed by atoms with Crippen molar-refractivity contribution in [3.63, 3.8) is 0 Å². The molecule has 2 rings (SSSR count). The average molecular weight is 309 g/mol. The smallest absolute Gasteiger partial charge is 0.307 e. The molecule has 21 heavy (non-hydrogen) atoms. The molecule has 0 amide bonds. The van der Waals surface area contributed by atoms with Crippen LogP contribution >= 0.6 is 0 Å². The van der Waals surface area contributed by atoms with Gasteiger partial charge < -0.3 is 5.11 Å². The highest BCUT2D eigenvalue weighted by Gasteiger charge is 2.32. The predicted octanol–water partition coefficient (Wildman–Crippen LogP) is 1.01. The molecule has 0 saturated carbocycles. The van der Waals surface area contributed by atoms with Crippen LogP contribution in [0.5, 0.6) is 0 Å². The third-order valence-electron chi connectivity index (χ3n) is 3.36. The summed E-state index contributed by atoms with van der Waals surface area (Å²) in [5, 5.41) is 18.0. The third kappa shape index (κ3) is 3.51. The van der Waals surface area contributed by atoms with Crippen LogP contribution in [0.2, 0.25) is 0 Å². The Morgan fingerprint density at radius 3 is 2.81 bits per heavy atom. The van der Waals surface area contributed by atoms with Crippen LogP contribution in [0.25, 0.3) is 0 Å². The largest absolute Gasteiger partial charge is 0.481 e. The monoisotopic (exact) mass is 309 g/mol. The number of nitriles is 1. The highest BCUT2D eigenvalue weighted by atomic mass is 32.2. The van der Waals surface area contributed by atoms with E-state index in [2.05, 4.69) is 4.72 Å². The number of nitrogens with zero attached hydrogens (tertiary/aromatic N) is 2. The Labute approximate surface area is 123 Å². The van der Waals surface area contributed by atoms with Crippen LogP contribution in [0.3, 0.4) is 0 Å². The number of carbonyl (C=O) groups is 1. The number of rotatable bonds is 4. The molecule has 1 aromatic rings. The molecule has 0 radical (unpaired) electrons. The summed E-state index contributed by atoms with van der Waals surface area (Å²) >= 11 is 0. The van der Waals surface area contributed by atoms with E-state index in [-0.39, 0.29) is 24.3 Å². The number of carboxylic acid groups (broad SMARTS) is 1. The van der Waals surface area contributed by atoms with Crippen LogP contribution in [0.4, 0.5) is 5.69 Å². The lowest BCUT2D eigenvalue weighted by atomic mass is 10.0. The van der Waals surface area contributed by atoms with E-state index < -0.39 is 22.1 Å². The van der Waals surface area contributed by atoms with Gasteiger partial charge in [-0.1, -0.05) is 12.1 Å². The Morgan fingerprint density at radius 2 is 2.14 bits per heavy atom. The van der Waals surface area contributed by atoms with Gasteiger partial charge in [-0.3, -0.25) is 9.52 Å². The van der Waals surface area contributed by atoms with Crippen molar-refractivity contribution in [2.45, 2.75) is 12.8 Å². The van der Waals surface area contributed by atoms with Crippen LogP contribution in [-0.4, -0.2) is 36.9 Å². The molecule has 1 unspecified atom stereocenters. The fourth-order valence-electron chi connectivity index (χ4n) is 2.24. The molecule has 1 aliphatic heterocycles. The number of nitrogens with one attached hydrogen (secondary N) is 1. The summed E-state index contributed by atoms with van der Waals surface area (Å²) in [5.74, 6) is -1.69. The van der Waals surface area contributed by atoms with Gasteiger partial charge in [-0.25, -0.2) is 0 Å².